The second kappa shape index (κ2) is 4.49. The highest BCUT2D eigenvalue weighted by molar-refractivity contribution is 5.54. The van der Waals surface area contributed by atoms with Crippen molar-refractivity contribution >= 4 is 0 Å². The molecule has 0 saturated carbocycles. The first-order chi connectivity index (χ1) is 7.43. The highest BCUT2D eigenvalue weighted by atomic mass is 16.5. The summed E-state index contributed by atoms with van der Waals surface area (Å²) in [7, 11) is 3.27. The topological polar surface area (TPSA) is 18.5 Å². The number of ether oxygens (including phenoxy) is 2. The molecular weight excluding hydrogens is 200 g/mol. The molecule has 0 aliphatic rings. The van der Waals surface area contributed by atoms with E-state index in [2.05, 4.69) is 26.7 Å². The van der Waals surface area contributed by atoms with Gasteiger partial charge in [-0.1, -0.05) is 26.7 Å². The molecule has 1 aromatic rings. The third kappa shape index (κ3) is 2.30. The normalized spacial score (nSPS) is 10.8. The average molecular weight is 218 g/mol. The van der Waals surface area contributed by atoms with Crippen LogP contribution in [0.1, 0.15) is 31.9 Å². The molecule has 0 atom stereocenters. The van der Waals surface area contributed by atoms with E-state index in [0.717, 1.165) is 11.3 Å². The summed E-state index contributed by atoms with van der Waals surface area (Å²) in [5, 5.41) is 0. The average Bonchev–Trinajstić information content (AvgIpc) is 2.25. The molecule has 16 heavy (non-hydrogen) atoms. The number of methoxy groups -OCH3 is 2. The van der Waals surface area contributed by atoms with Gasteiger partial charge in [0.1, 0.15) is 11.5 Å². The zero-order valence-corrected chi connectivity index (χ0v) is 10.5. The van der Waals surface area contributed by atoms with Crippen molar-refractivity contribution < 1.29 is 9.47 Å². The van der Waals surface area contributed by atoms with Gasteiger partial charge in [-0.3, -0.25) is 0 Å². The van der Waals surface area contributed by atoms with Crippen molar-refractivity contribution in [2.24, 2.45) is 0 Å². The number of rotatable bonds is 2. The van der Waals surface area contributed by atoms with Gasteiger partial charge < -0.3 is 9.47 Å². The molecule has 86 valence electrons. The van der Waals surface area contributed by atoms with Gasteiger partial charge in [-0.15, -0.1) is 6.42 Å². The molecule has 0 fully saturated rings. The summed E-state index contributed by atoms with van der Waals surface area (Å²) < 4.78 is 10.6. The van der Waals surface area contributed by atoms with Crippen LogP contribution >= 0.6 is 0 Å². The first-order valence-corrected chi connectivity index (χ1v) is 5.17. The van der Waals surface area contributed by atoms with Crippen LogP contribution in [-0.2, 0) is 5.41 Å². The molecule has 1 rings (SSSR count). The lowest BCUT2D eigenvalue weighted by molar-refractivity contribution is 0.387. The van der Waals surface area contributed by atoms with Crippen LogP contribution in [-0.4, -0.2) is 14.2 Å². The first-order valence-electron chi connectivity index (χ1n) is 5.17. The number of hydrogen-bond donors (Lipinski definition) is 0. The second-order valence-corrected chi connectivity index (χ2v) is 4.65. The van der Waals surface area contributed by atoms with E-state index in [1.807, 2.05) is 12.1 Å². The van der Waals surface area contributed by atoms with Crippen LogP contribution in [0.25, 0.3) is 0 Å². The molecule has 0 saturated heterocycles. The monoisotopic (exact) mass is 218 g/mol. The van der Waals surface area contributed by atoms with Gasteiger partial charge in [0.05, 0.1) is 19.8 Å². The van der Waals surface area contributed by atoms with Gasteiger partial charge in [-0.25, -0.2) is 0 Å². The smallest absolute Gasteiger partial charge is 0.135 e. The molecule has 1 aromatic carbocycles. The summed E-state index contributed by atoms with van der Waals surface area (Å²) in [6.07, 6.45) is 5.42. The summed E-state index contributed by atoms with van der Waals surface area (Å²) in [6.45, 7) is 6.37. The molecule has 0 heterocycles. The fourth-order valence-electron chi connectivity index (χ4n) is 1.60. The Labute approximate surface area is 97.6 Å². The highest BCUT2D eigenvalue weighted by Crippen LogP contribution is 2.36. The van der Waals surface area contributed by atoms with E-state index < -0.39 is 0 Å². The predicted molar refractivity (Wildman–Crippen MR) is 66.2 cm³/mol. The second-order valence-electron chi connectivity index (χ2n) is 4.65. The molecule has 0 aromatic heterocycles. The lowest BCUT2D eigenvalue weighted by Crippen LogP contribution is -2.13. The van der Waals surface area contributed by atoms with Crippen molar-refractivity contribution in [1.29, 1.82) is 0 Å². The molecule has 0 bridgehead atoms. The summed E-state index contributed by atoms with van der Waals surface area (Å²) in [5.41, 5.74) is 1.80. The Hall–Kier alpha value is -1.62. The first kappa shape index (κ1) is 12.4. The summed E-state index contributed by atoms with van der Waals surface area (Å²) >= 11 is 0. The van der Waals surface area contributed by atoms with Gasteiger partial charge in [0.15, 0.2) is 0 Å². The zero-order chi connectivity index (χ0) is 12.3. The van der Waals surface area contributed by atoms with Crippen LogP contribution in [0.5, 0.6) is 11.5 Å². The summed E-state index contributed by atoms with van der Waals surface area (Å²) in [5.74, 6) is 4.12. The standard InChI is InChI=1S/C14H18O2/c1-7-10-8-13(16-6)11(14(2,3)4)9-12(10)15-5/h1,8-9H,2-6H3. The Bertz CT molecular complexity index is 420. The number of terminal acetylenes is 1. The van der Waals surface area contributed by atoms with E-state index >= 15 is 0 Å². The quantitative estimate of drug-likeness (QED) is 0.710. The van der Waals surface area contributed by atoms with Gasteiger partial charge in [0.25, 0.3) is 0 Å². The molecule has 2 nitrogen and oxygen atoms in total. The summed E-state index contributed by atoms with van der Waals surface area (Å²) in [6, 6.07) is 3.80. The van der Waals surface area contributed by atoms with Crippen LogP contribution in [0.2, 0.25) is 0 Å². The largest absolute Gasteiger partial charge is 0.496 e. The van der Waals surface area contributed by atoms with Gasteiger partial charge in [0, 0.05) is 5.56 Å². The van der Waals surface area contributed by atoms with Crippen molar-refractivity contribution in [1.82, 2.24) is 0 Å². The molecule has 0 unspecified atom stereocenters. The van der Waals surface area contributed by atoms with E-state index in [4.69, 9.17) is 15.9 Å². The highest BCUT2D eigenvalue weighted by Gasteiger charge is 2.21. The Morgan fingerprint density at radius 2 is 1.62 bits per heavy atom. The van der Waals surface area contributed by atoms with E-state index in [-0.39, 0.29) is 5.41 Å². The molecule has 0 spiro atoms. The maximum absolute atomic E-state index is 5.42. The minimum absolute atomic E-state index is 0.00818. The third-order valence-corrected chi connectivity index (χ3v) is 2.49. The van der Waals surface area contributed by atoms with Crippen LogP contribution in [0, 0.1) is 12.3 Å². The Morgan fingerprint density at radius 1 is 1.06 bits per heavy atom. The van der Waals surface area contributed by atoms with E-state index in [1.54, 1.807) is 14.2 Å². The van der Waals surface area contributed by atoms with Crippen LogP contribution in [0.3, 0.4) is 0 Å². The maximum Gasteiger partial charge on any atom is 0.135 e. The Kier molecular flexibility index (Phi) is 3.49. The Balaban J connectivity index is 3.45. The van der Waals surface area contributed by atoms with Crippen LogP contribution in [0.4, 0.5) is 0 Å². The fraction of sp³-hybridized carbons (Fsp3) is 0.429. The lowest BCUT2D eigenvalue weighted by atomic mass is 9.85. The molecule has 2 heteroatoms. The molecule has 0 radical (unpaired) electrons. The summed E-state index contributed by atoms with van der Waals surface area (Å²) in [4.78, 5) is 0. The van der Waals surface area contributed by atoms with Crippen molar-refractivity contribution in [3.05, 3.63) is 23.3 Å². The number of hydrogen-bond acceptors (Lipinski definition) is 2. The number of benzene rings is 1. The minimum Gasteiger partial charge on any atom is -0.496 e. The predicted octanol–water partition coefficient (Wildman–Crippen LogP) is 2.98. The SMILES string of the molecule is C#Cc1cc(OC)c(C(C)(C)C)cc1OC. The molecule has 0 amide bonds. The van der Waals surface area contributed by atoms with Crippen LogP contribution < -0.4 is 9.47 Å². The van der Waals surface area contributed by atoms with Gasteiger partial charge in [-0.05, 0) is 17.5 Å². The molecule has 0 aliphatic carbocycles. The third-order valence-electron chi connectivity index (χ3n) is 2.49. The zero-order valence-electron chi connectivity index (χ0n) is 10.5. The fourth-order valence-corrected chi connectivity index (χ4v) is 1.60. The van der Waals surface area contributed by atoms with Gasteiger partial charge in [-0.2, -0.15) is 0 Å². The van der Waals surface area contributed by atoms with Crippen molar-refractivity contribution in [3.63, 3.8) is 0 Å². The molecule has 0 N–H and O–H groups in total. The van der Waals surface area contributed by atoms with Crippen molar-refractivity contribution in [2.75, 3.05) is 14.2 Å². The van der Waals surface area contributed by atoms with Gasteiger partial charge in [0.2, 0.25) is 0 Å². The molecule has 0 aliphatic heterocycles. The lowest BCUT2D eigenvalue weighted by Gasteiger charge is -2.23. The van der Waals surface area contributed by atoms with Crippen LogP contribution in [0.15, 0.2) is 12.1 Å². The Morgan fingerprint density at radius 3 is 2.00 bits per heavy atom. The van der Waals surface area contributed by atoms with E-state index in [0.29, 0.717) is 11.3 Å². The minimum atomic E-state index is -0.00818. The van der Waals surface area contributed by atoms with E-state index in [1.165, 1.54) is 0 Å². The van der Waals surface area contributed by atoms with Gasteiger partial charge >= 0.3 is 0 Å². The van der Waals surface area contributed by atoms with Crippen molar-refractivity contribution in [2.45, 2.75) is 26.2 Å². The van der Waals surface area contributed by atoms with Crippen molar-refractivity contribution in [3.8, 4) is 23.8 Å². The van der Waals surface area contributed by atoms with E-state index in [9.17, 15) is 0 Å². The molecular formula is C14H18O2. The maximum atomic E-state index is 5.42.